The van der Waals surface area contributed by atoms with Gasteiger partial charge in [0, 0.05) is 5.69 Å². The zero-order valence-electron chi connectivity index (χ0n) is 15.2. The molecule has 2 N–H and O–H groups in total. The minimum absolute atomic E-state index is 0.0845. The van der Waals surface area contributed by atoms with Crippen LogP contribution in [0.15, 0.2) is 54.6 Å². The average Bonchev–Trinajstić information content (AvgIpc) is 2.60. The van der Waals surface area contributed by atoms with Crippen LogP contribution in [-0.4, -0.2) is 19.1 Å². The summed E-state index contributed by atoms with van der Waals surface area (Å²) >= 11 is 0. The van der Waals surface area contributed by atoms with Crippen molar-refractivity contribution in [1.82, 2.24) is 0 Å². The van der Waals surface area contributed by atoms with Crippen LogP contribution in [0.25, 0.3) is 0 Å². The Morgan fingerprint density at radius 3 is 2.64 bits per heavy atom. The smallest absolute Gasteiger partial charge is 0.243 e. The van der Waals surface area contributed by atoms with Gasteiger partial charge in [-0.25, -0.2) is 0 Å². The first-order valence-electron chi connectivity index (χ1n) is 8.49. The Labute approximate surface area is 149 Å². The molecular formula is C21H26N2O2. The van der Waals surface area contributed by atoms with Crippen LogP contribution in [0.5, 0.6) is 5.75 Å². The number of carbonyl (C=O) groups excluding carboxylic acids is 1. The number of nitrogens with one attached hydrogen (secondary N) is 2. The van der Waals surface area contributed by atoms with Crippen LogP contribution >= 0.6 is 0 Å². The maximum Gasteiger partial charge on any atom is 0.243 e. The predicted molar refractivity (Wildman–Crippen MR) is 104 cm³/mol. The number of rotatable bonds is 8. The maximum atomic E-state index is 12.4. The third-order valence-corrected chi connectivity index (χ3v) is 3.80. The van der Waals surface area contributed by atoms with Crippen molar-refractivity contribution < 1.29 is 9.53 Å². The predicted octanol–water partition coefficient (Wildman–Crippen LogP) is 4.56. The van der Waals surface area contributed by atoms with Crippen LogP contribution in [-0.2, 0) is 11.2 Å². The molecule has 2 rings (SSSR count). The second-order valence-corrected chi connectivity index (χ2v) is 6.11. The highest BCUT2D eigenvalue weighted by molar-refractivity contribution is 5.95. The Morgan fingerprint density at radius 2 is 1.92 bits per heavy atom. The molecule has 0 aromatic heterocycles. The topological polar surface area (TPSA) is 50.4 Å². The number of anilines is 2. The van der Waals surface area contributed by atoms with Crippen molar-refractivity contribution in [3.63, 3.8) is 0 Å². The molecule has 0 aliphatic heterocycles. The quantitative estimate of drug-likeness (QED) is 0.694. The van der Waals surface area contributed by atoms with E-state index < -0.39 is 0 Å². The fraction of sp³-hybridized carbons (Fsp3) is 0.286. The molecule has 132 valence electrons. The van der Waals surface area contributed by atoms with Crippen LogP contribution in [0.2, 0.25) is 0 Å². The van der Waals surface area contributed by atoms with E-state index in [1.54, 1.807) is 0 Å². The Hall–Kier alpha value is -2.75. The zero-order chi connectivity index (χ0) is 18.2. The second-order valence-electron chi connectivity index (χ2n) is 6.11. The van der Waals surface area contributed by atoms with Gasteiger partial charge in [-0.3, -0.25) is 4.79 Å². The SMILES string of the molecule is C=C(C)COc1ccccc1NCC(=O)Nc1c(C)cccc1CC. The number of hydrogen-bond donors (Lipinski definition) is 2. The molecule has 0 heterocycles. The average molecular weight is 338 g/mol. The highest BCUT2D eigenvalue weighted by Gasteiger charge is 2.10. The van der Waals surface area contributed by atoms with Crippen molar-refractivity contribution in [2.75, 3.05) is 23.8 Å². The number of amides is 1. The second kappa shape index (κ2) is 8.92. The molecule has 0 bridgehead atoms. The fourth-order valence-electron chi connectivity index (χ4n) is 2.50. The van der Waals surface area contributed by atoms with E-state index in [4.69, 9.17) is 4.74 Å². The molecule has 1 amide bonds. The number of benzene rings is 2. The molecular weight excluding hydrogens is 312 g/mol. The van der Waals surface area contributed by atoms with Gasteiger partial charge in [-0.1, -0.05) is 43.8 Å². The lowest BCUT2D eigenvalue weighted by atomic mass is 10.1. The van der Waals surface area contributed by atoms with Crippen molar-refractivity contribution in [3.05, 3.63) is 65.7 Å². The minimum Gasteiger partial charge on any atom is -0.487 e. The van der Waals surface area contributed by atoms with Crippen molar-refractivity contribution in [2.45, 2.75) is 27.2 Å². The summed E-state index contributed by atoms with van der Waals surface area (Å²) in [7, 11) is 0. The van der Waals surface area contributed by atoms with Crippen LogP contribution in [0.3, 0.4) is 0 Å². The van der Waals surface area contributed by atoms with Gasteiger partial charge in [0.05, 0.1) is 12.2 Å². The van der Waals surface area contributed by atoms with Crippen molar-refractivity contribution in [3.8, 4) is 5.75 Å². The molecule has 4 heteroatoms. The van der Waals surface area contributed by atoms with E-state index in [2.05, 4.69) is 24.1 Å². The lowest BCUT2D eigenvalue weighted by molar-refractivity contribution is -0.114. The lowest BCUT2D eigenvalue weighted by Crippen LogP contribution is -2.23. The summed E-state index contributed by atoms with van der Waals surface area (Å²) in [5.74, 6) is 0.627. The molecule has 0 saturated carbocycles. The van der Waals surface area contributed by atoms with Crippen LogP contribution in [0, 0.1) is 6.92 Å². The first kappa shape index (κ1) is 18.6. The highest BCUT2D eigenvalue weighted by Crippen LogP contribution is 2.24. The summed E-state index contributed by atoms with van der Waals surface area (Å²) in [6.07, 6.45) is 0.877. The number of hydrogen-bond acceptors (Lipinski definition) is 3. The van der Waals surface area contributed by atoms with E-state index in [1.165, 1.54) is 0 Å². The summed E-state index contributed by atoms with van der Waals surface area (Å²) in [5.41, 5.74) is 4.85. The standard InChI is InChI=1S/C21H26N2O2/c1-5-17-10-8-9-16(4)21(17)23-20(24)13-22-18-11-6-7-12-19(18)25-14-15(2)3/h6-12,22H,2,5,13-14H2,1,3-4H3,(H,23,24). The van der Waals surface area contributed by atoms with E-state index in [0.29, 0.717) is 12.4 Å². The third-order valence-electron chi connectivity index (χ3n) is 3.80. The molecule has 0 radical (unpaired) electrons. The van der Waals surface area contributed by atoms with E-state index >= 15 is 0 Å². The van der Waals surface area contributed by atoms with Crippen molar-refractivity contribution in [2.24, 2.45) is 0 Å². The number of para-hydroxylation sites is 3. The molecule has 0 spiro atoms. The van der Waals surface area contributed by atoms with Crippen LogP contribution in [0.4, 0.5) is 11.4 Å². The van der Waals surface area contributed by atoms with Gasteiger partial charge in [-0.15, -0.1) is 0 Å². The van der Waals surface area contributed by atoms with Gasteiger partial charge in [-0.2, -0.15) is 0 Å². The lowest BCUT2D eigenvalue weighted by Gasteiger charge is -2.15. The summed E-state index contributed by atoms with van der Waals surface area (Å²) in [6.45, 7) is 10.5. The van der Waals surface area contributed by atoms with E-state index in [-0.39, 0.29) is 12.5 Å². The molecule has 0 aliphatic carbocycles. The zero-order valence-corrected chi connectivity index (χ0v) is 15.2. The fourth-order valence-corrected chi connectivity index (χ4v) is 2.50. The van der Waals surface area contributed by atoms with Gasteiger partial charge in [0.2, 0.25) is 5.91 Å². The number of carbonyl (C=O) groups is 1. The number of ether oxygens (including phenoxy) is 1. The molecule has 0 aliphatic rings. The molecule has 0 atom stereocenters. The summed E-state index contributed by atoms with van der Waals surface area (Å²) in [5, 5.41) is 6.16. The van der Waals surface area contributed by atoms with Gasteiger partial charge in [-0.05, 0) is 49.1 Å². The van der Waals surface area contributed by atoms with Crippen molar-refractivity contribution >= 4 is 17.3 Å². The Morgan fingerprint density at radius 1 is 1.16 bits per heavy atom. The van der Waals surface area contributed by atoms with E-state index in [1.807, 2.05) is 56.3 Å². The molecule has 25 heavy (non-hydrogen) atoms. The van der Waals surface area contributed by atoms with Gasteiger partial charge in [0.1, 0.15) is 12.4 Å². The van der Waals surface area contributed by atoms with Gasteiger partial charge in [0.15, 0.2) is 0 Å². The van der Waals surface area contributed by atoms with Gasteiger partial charge >= 0.3 is 0 Å². The van der Waals surface area contributed by atoms with Crippen molar-refractivity contribution in [1.29, 1.82) is 0 Å². The Kier molecular flexibility index (Phi) is 6.63. The largest absolute Gasteiger partial charge is 0.487 e. The maximum absolute atomic E-state index is 12.4. The van der Waals surface area contributed by atoms with Crippen LogP contribution in [0.1, 0.15) is 25.0 Å². The number of aryl methyl sites for hydroxylation is 2. The van der Waals surface area contributed by atoms with E-state index in [0.717, 1.165) is 34.5 Å². The Bertz CT molecular complexity index is 753. The minimum atomic E-state index is -0.0845. The first-order valence-corrected chi connectivity index (χ1v) is 8.49. The molecule has 0 fully saturated rings. The van der Waals surface area contributed by atoms with Gasteiger partial charge in [0.25, 0.3) is 0 Å². The molecule has 2 aromatic rings. The molecule has 0 unspecified atom stereocenters. The van der Waals surface area contributed by atoms with Crippen LogP contribution < -0.4 is 15.4 Å². The third kappa shape index (κ3) is 5.38. The van der Waals surface area contributed by atoms with E-state index in [9.17, 15) is 4.79 Å². The monoisotopic (exact) mass is 338 g/mol. The molecule has 4 nitrogen and oxygen atoms in total. The molecule has 2 aromatic carbocycles. The van der Waals surface area contributed by atoms with Gasteiger partial charge < -0.3 is 15.4 Å². The summed E-state index contributed by atoms with van der Waals surface area (Å²) in [4.78, 5) is 12.4. The first-order chi connectivity index (χ1) is 12.0. The normalized spacial score (nSPS) is 10.2. The Balaban J connectivity index is 2.00. The summed E-state index contributed by atoms with van der Waals surface area (Å²) in [6, 6.07) is 13.6. The summed E-state index contributed by atoms with van der Waals surface area (Å²) < 4.78 is 5.71. The highest BCUT2D eigenvalue weighted by atomic mass is 16.5. The molecule has 0 saturated heterocycles.